The molecule has 1 aliphatic rings. The molecule has 2 aromatic rings. The maximum absolute atomic E-state index is 11.6. The number of carbonyl (C=O) groups excluding carboxylic acids is 2. The zero-order valence-corrected chi connectivity index (χ0v) is 11.6. The molecule has 0 aliphatic carbocycles. The maximum atomic E-state index is 11.6. The van der Waals surface area contributed by atoms with Gasteiger partial charge in [0.15, 0.2) is 0 Å². The van der Waals surface area contributed by atoms with E-state index in [0.717, 1.165) is 0 Å². The number of phenols is 1. The number of halogens is 1. The first kappa shape index (κ1) is 13.5. The summed E-state index contributed by atoms with van der Waals surface area (Å²) in [4.78, 5) is 23.0. The van der Waals surface area contributed by atoms with Gasteiger partial charge < -0.3 is 10.4 Å². The van der Waals surface area contributed by atoms with Crippen molar-refractivity contribution in [2.24, 2.45) is 0 Å². The topological polar surface area (TPSA) is 78.4 Å². The summed E-state index contributed by atoms with van der Waals surface area (Å²) < 4.78 is 0. The van der Waals surface area contributed by atoms with Gasteiger partial charge in [-0.3, -0.25) is 14.9 Å². The fourth-order valence-electron chi connectivity index (χ4n) is 2.19. The molecule has 0 saturated heterocycles. The number of hydrogen-bond acceptors (Lipinski definition) is 4. The van der Waals surface area contributed by atoms with Gasteiger partial charge in [-0.15, -0.1) is 0 Å². The zero-order valence-electron chi connectivity index (χ0n) is 10.8. The molecule has 2 amide bonds. The molecule has 1 aliphatic heterocycles. The van der Waals surface area contributed by atoms with Crippen molar-refractivity contribution in [2.45, 2.75) is 6.54 Å². The summed E-state index contributed by atoms with van der Waals surface area (Å²) in [6.07, 6.45) is 0. The van der Waals surface area contributed by atoms with Crippen molar-refractivity contribution in [2.75, 3.05) is 5.32 Å². The highest BCUT2D eigenvalue weighted by Crippen LogP contribution is 2.27. The summed E-state index contributed by atoms with van der Waals surface area (Å²) in [7, 11) is 0. The van der Waals surface area contributed by atoms with Crippen LogP contribution in [0.3, 0.4) is 0 Å². The van der Waals surface area contributed by atoms with Gasteiger partial charge >= 0.3 is 0 Å². The minimum absolute atomic E-state index is 0.101. The van der Waals surface area contributed by atoms with Crippen LogP contribution in [0.15, 0.2) is 36.4 Å². The second-order valence-corrected chi connectivity index (χ2v) is 5.04. The molecule has 1 heterocycles. The standard InChI is InChI=1S/C15H11ClN2O3/c16-12-2-1-3-13(19)11(12)7-17-8-4-5-9-10(6-8)15(21)18-14(9)20/h1-6,17,19H,7H2,(H,18,20,21). The fourth-order valence-corrected chi connectivity index (χ4v) is 2.43. The van der Waals surface area contributed by atoms with Gasteiger partial charge in [-0.25, -0.2) is 0 Å². The lowest BCUT2D eigenvalue weighted by Gasteiger charge is -2.10. The van der Waals surface area contributed by atoms with Crippen molar-refractivity contribution in [3.63, 3.8) is 0 Å². The van der Waals surface area contributed by atoms with Crippen molar-refractivity contribution in [3.05, 3.63) is 58.1 Å². The van der Waals surface area contributed by atoms with E-state index < -0.39 is 5.91 Å². The van der Waals surface area contributed by atoms with Gasteiger partial charge in [-0.05, 0) is 30.3 Å². The average Bonchev–Trinajstić information content (AvgIpc) is 2.73. The lowest BCUT2D eigenvalue weighted by atomic mass is 10.1. The second-order valence-electron chi connectivity index (χ2n) is 4.63. The van der Waals surface area contributed by atoms with Crippen LogP contribution < -0.4 is 10.6 Å². The van der Waals surface area contributed by atoms with Crippen LogP contribution in [0, 0.1) is 0 Å². The first-order valence-electron chi connectivity index (χ1n) is 6.26. The summed E-state index contributed by atoms with van der Waals surface area (Å²) in [5, 5.41) is 15.5. The largest absolute Gasteiger partial charge is 0.508 e. The molecule has 0 bridgehead atoms. The number of aromatic hydroxyl groups is 1. The molecule has 0 aromatic heterocycles. The Labute approximate surface area is 125 Å². The molecule has 0 spiro atoms. The molecule has 5 nitrogen and oxygen atoms in total. The van der Waals surface area contributed by atoms with E-state index in [1.807, 2.05) is 0 Å². The molecular formula is C15H11ClN2O3. The van der Waals surface area contributed by atoms with Crippen molar-refractivity contribution in [1.29, 1.82) is 0 Å². The van der Waals surface area contributed by atoms with E-state index in [2.05, 4.69) is 10.6 Å². The molecule has 3 N–H and O–H groups in total. The highest BCUT2D eigenvalue weighted by Gasteiger charge is 2.26. The molecule has 106 valence electrons. The predicted molar refractivity (Wildman–Crippen MR) is 78.7 cm³/mol. The second kappa shape index (κ2) is 5.10. The zero-order chi connectivity index (χ0) is 15.0. The minimum Gasteiger partial charge on any atom is -0.508 e. The number of fused-ring (bicyclic) bond motifs is 1. The van der Waals surface area contributed by atoms with E-state index in [4.69, 9.17) is 11.6 Å². The number of phenolic OH excluding ortho intramolecular Hbond substituents is 1. The Kier molecular flexibility index (Phi) is 3.27. The van der Waals surface area contributed by atoms with Crippen molar-refractivity contribution in [1.82, 2.24) is 5.32 Å². The van der Waals surface area contributed by atoms with E-state index in [1.165, 1.54) is 0 Å². The molecule has 0 atom stereocenters. The van der Waals surface area contributed by atoms with Crippen molar-refractivity contribution < 1.29 is 14.7 Å². The Balaban J connectivity index is 1.82. The molecular weight excluding hydrogens is 292 g/mol. The lowest BCUT2D eigenvalue weighted by molar-refractivity contribution is 0.0879. The third kappa shape index (κ3) is 2.43. The number of rotatable bonds is 3. The number of hydrogen-bond donors (Lipinski definition) is 3. The van der Waals surface area contributed by atoms with Crippen molar-refractivity contribution >= 4 is 29.1 Å². The smallest absolute Gasteiger partial charge is 0.259 e. The number of nitrogens with one attached hydrogen (secondary N) is 2. The first-order chi connectivity index (χ1) is 10.1. The lowest BCUT2D eigenvalue weighted by Crippen LogP contribution is -2.19. The minimum atomic E-state index is -0.403. The normalized spacial score (nSPS) is 13.0. The van der Waals surface area contributed by atoms with E-state index in [9.17, 15) is 14.7 Å². The SMILES string of the molecule is O=C1NC(=O)c2cc(NCc3c(O)cccc3Cl)ccc21. The Bertz CT molecular complexity index is 738. The monoisotopic (exact) mass is 302 g/mol. The van der Waals surface area contributed by atoms with Crippen LogP contribution >= 0.6 is 11.6 Å². The number of imide groups is 1. The van der Waals surface area contributed by atoms with E-state index in [0.29, 0.717) is 33.9 Å². The number of anilines is 1. The third-order valence-electron chi connectivity index (χ3n) is 3.30. The van der Waals surface area contributed by atoms with Gasteiger partial charge in [0.1, 0.15) is 5.75 Å². The van der Waals surface area contributed by atoms with Crippen molar-refractivity contribution in [3.8, 4) is 5.75 Å². The summed E-state index contributed by atoms with van der Waals surface area (Å²) in [5.41, 5.74) is 1.94. The Morgan fingerprint density at radius 3 is 2.62 bits per heavy atom. The van der Waals surface area contributed by atoms with Gasteiger partial charge in [-0.2, -0.15) is 0 Å². The van der Waals surface area contributed by atoms with Crippen LogP contribution in [0.1, 0.15) is 26.3 Å². The number of benzene rings is 2. The molecule has 0 unspecified atom stereocenters. The summed E-state index contributed by atoms with van der Waals surface area (Å²) in [6.45, 7) is 0.305. The highest BCUT2D eigenvalue weighted by molar-refractivity contribution is 6.31. The van der Waals surface area contributed by atoms with Crippen LogP contribution in [0.4, 0.5) is 5.69 Å². The molecule has 21 heavy (non-hydrogen) atoms. The van der Waals surface area contributed by atoms with E-state index >= 15 is 0 Å². The van der Waals surface area contributed by atoms with E-state index in [1.54, 1.807) is 36.4 Å². The summed E-state index contributed by atoms with van der Waals surface area (Å²) in [5.74, 6) is -0.686. The van der Waals surface area contributed by atoms with Crippen LogP contribution in [0.2, 0.25) is 5.02 Å². The first-order valence-corrected chi connectivity index (χ1v) is 6.64. The van der Waals surface area contributed by atoms with Crippen LogP contribution in [-0.2, 0) is 6.54 Å². The third-order valence-corrected chi connectivity index (χ3v) is 3.65. The summed E-state index contributed by atoms with van der Waals surface area (Å²) >= 11 is 6.02. The molecule has 0 fully saturated rings. The van der Waals surface area contributed by atoms with Crippen LogP contribution in [0.25, 0.3) is 0 Å². The van der Waals surface area contributed by atoms with Gasteiger partial charge in [0.25, 0.3) is 11.8 Å². The molecule has 0 radical (unpaired) electrons. The van der Waals surface area contributed by atoms with Gasteiger partial charge in [-0.1, -0.05) is 17.7 Å². The van der Waals surface area contributed by atoms with Crippen LogP contribution in [0.5, 0.6) is 5.75 Å². The van der Waals surface area contributed by atoms with Gasteiger partial charge in [0, 0.05) is 22.8 Å². The molecule has 6 heteroatoms. The number of amides is 2. The average molecular weight is 303 g/mol. The summed E-state index contributed by atoms with van der Waals surface area (Å²) in [6, 6.07) is 9.79. The number of carbonyl (C=O) groups is 2. The quantitative estimate of drug-likeness (QED) is 0.761. The fraction of sp³-hybridized carbons (Fsp3) is 0.0667. The highest BCUT2D eigenvalue weighted by atomic mass is 35.5. The molecule has 3 rings (SSSR count). The van der Waals surface area contributed by atoms with E-state index in [-0.39, 0.29) is 11.7 Å². The van der Waals surface area contributed by atoms with Crippen LogP contribution in [-0.4, -0.2) is 16.9 Å². The van der Waals surface area contributed by atoms with Gasteiger partial charge in [0.2, 0.25) is 0 Å². The molecule has 0 saturated carbocycles. The molecule has 2 aromatic carbocycles. The Hall–Kier alpha value is -2.53. The predicted octanol–water partition coefficient (Wildman–Crippen LogP) is 2.54. The van der Waals surface area contributed by atoms with Gasteiger partial charge in [0.05, 0.1) is 11.1 Å². The Morgan fingerprint density at radius 1 is 1.10 bits per heavy atom. The Morgan fingerprint density at radius 2 is 1.86 bits per heavy atom. The maximum Gasteiger partial charge on any atom is 0.259 e.